The van der Waals surface area contributed by atoms with Crippen LogP contribution < -0.4 is 0 Å². The molecule has 0 saturated heterocycles. The van der Waals surface area contributed by atoms with Gasteiger partial charge in [0.2, 0.25) is 6.17 Å². The first-order chi connectivity index (χ1) is 9.31. The Balaban J connectivity index is 0.00000220. The summed E-state index contributed by atoms with van der Waals surface area (Å²) in [6, 6.07) is 4.03. The largest absolute Gasteiger partial charge is 0.412 e. The van der Waals surface area contributed by atoms with Crippen molar-refractivity contribution in [3.63, 3.8) is 0 Å². The molecule has 0 radical (unpaired) electrons. The van der Waals surface area contributed by atoms with Gasteiger partial charge in [-0.1, -0.05) is 0 Å². The van der Waals surface area contributed by atoms with E-state index in [1.54, 1.807) is 4.90 Å². The summed E-state index contributed by atoms with van der Waals surface area (Å²) in [6.45, 7) is 7.92. The maximum atomic E-state index is 8.39. The molecule has 0 aliphatic rings. The molecule has 0 unspecified atom stereocenters. The number of likely N-dealkylation sites (N-methyl/N-ethyl adjacent to an activating group) is 1. The number of hydrogen-bond donors (Lipinski definition) is 1. The van der Waals surface area contributed by atoms with Crippen LogP contribution in [0.3, 0.4) is 0 Å². The monoisotopic (exact) mass is 292 g/mol. The van der Waals surface area contributed by atoms with Crippen molar-refractivity contribution in [2.45, 2.75) is 33.9 Å². The Labute approximate surface area is 125 Å². The van der Waals surface area contributed by atoms with Crippen LogP contribution in [0.4, 0.5) is 0 Å². The highest BCUT2D eigenvalue weighted by Gasteiger charge is 2.25. The van der Waals surface area contributed by atoms with Crippen molar-refractivity contribution in [3.8, 4) is 0 Å². The van der Waals surface area contributed by atoms with Gasteiger partial charge in [0, 0.05) is 25.5 Å². The maximum absolute atomic E-state index is 8.39. The molecular weight excluding hydrogens is 268 g/mol. The lowest BCUT2D eigenvalue weighted by atomic mass is 10.3. The molecule has 0 aromatic carbocycles. The van der Waals surface area contributed by atoms with E-state index in [-0.39, 0.29) is 11.6 Å². The molecule has 0 amide bonds. The molecule has 21 heavy (non-hydrogen) atoms. The van der Waals surface area contributed by atoms with Gasteiger partial charge in [0.15, 0.2) is 0 Å². The molecule has 2 aromatic heterocycles. The van der Waals surface area contributed by atoms with Gasteiger partial charge >= 0.3 is 0 Å². The predicted octanol–water partition coefficient (Wildman–Crippen LogP) is 1.07. The zero-order valence-electron chi connectivity index (χ0n) is 13.5. The summed E-state index contributed by atoms with van der Waals surface area (Å²) in [5, 5.41) is 17.4. The van der Waals surface area contributed by atoms with Crippen molar-refractivity contribution < 1.29 is 5.48 Å². The minimum absolute atomic E-state index is 0. The fraction of sp³-hybridized carbons (Fsp3) is 0.500. The number of rotatable bonds is 3. The van der Waals surface area contributed by atoms with E-state index < -0.39 is 0 Å². The van der Waals surface area contributed by atoms with Crippen molar-refractivity contribution in [2.24, 2.45) is 0 Å². The Kier molecular flexibility index (Phi) is 4.90. The second-order valence-electron chi connectivity index (χ2n) is 5.40. The molecule has 7 heteroatoms. The first kappa shape index (κ1) is 16.9. The van der Waals surface area contributed by atoms with E-state index in [2.05, 4.69) is 10.2 Å². The summed E-state index contributed by atoms with van der Waals surface area (Å²) in [6.07, 6.45) is -0.354. The predicted molar refractivity (Wildman–Crippen MR) is 82.9 cm³/mol. The number of hydrogen-bond acceptors (Lipinski definition) is 3. The molecule has 0 aliphatic heterocycles. The molecule has 0 bridgehead atoms. The molecule has 0 spiro atoms. The summed E-state index contributed by atoms with van der Waals surface area (Å²) in [5.41, 5.74) is 3.93. The molecule has 2 rings (SSSR count). The SMILES string of the molecule is Cc1cc(C)n(C(C(=N)N(C)C)n2nc(C)cc2C)n1.O. The van der Waals surface area contributed by atoms with E-state index in [4.69, 9.17) is 5.41 Å². The lowest BCUT2D eigenvalue weighted by molar-refractivity contribution is 0.398. The zero-order valence-corrected chi connectivity index (χ0v) is 13.5. The van der Waals surface area contributed by atoms with Gasteiger partial charge in [0.05, 0.1) is 11.4 Å². The van der Waals surface area contributed by atoms with Crippen LogP contribution in [0.25, 0.3) is 0 Å². The summed E-state index contributed by atoms with van der Waals surface area (Å²) in [7, 11) is 3.74. The second kappa shape index (κ2) is 6.09. The smallest absolute Gasteiger partial charge is 0.200 e. The normalized spacial score (nSPS) is 10.6. The highest BCUT2D eigenvalue weighted by Crippen LogP contribution is 2.18. The molecule has 2 aromatic rings. The van der Waals surface area contributed by atoms with Crippen molar-refractivity contribution >= 4 is 5.84 Å². The summed E-state index contributed by atoms with van der Waals surface area (Å²) in [5.74, 6) is 0.447. The maximum Gasteiger partial charge on any atom is 0.200 e. The van der Waals surface area contributed by atoms with Gasteiger partial charge < -0.3 is 10.4 Å². The molecular formula is C14H24N6O. The summed E-state index contributed by atoms with van der Waals surface area (Å²) < 4.78 is 3.72. The lowest BCUT2D eigenvalue weighted by Gasteiger charge is -2.26. The van der Waals surface area contributed by atoms with Crippen molar-refractivity contribution in [1.29, 1.82) is 5.41 Å². The third-order valence-electron chi connectivity index (χ3n) is 3.28. The Morgan fingerprint density at radius 1 is 1.00 bits per heavy atom. The van der Waals surface area contributed by atoms with Gasteiger partial charge in [-0.2, -0.15) is 10.2 Å². The van der Waals surface area contributed by atoms with Gasteiger partial charge in [-0.3, -0.25) is 5.41 Å². The summed E-state index contributed by atoms with van der Waals surface area (Å²) in [4.78, 5) is 1.79. The molecule has 0 atom stereocenters. The van der Waals surface area contributed by atoms with E-state index >= 15 is 0 Å². The van der Waals surface area contributed by atoms with Crippen LogP contribution in [-0.2, 0) is 0 Å². The minimum atomic E-state index is -0.354. The van der Waals surface area contributed by atoms with Gasteiger partial charge in [0.1, 0.15) is 5.84 Å². The van der Waals surface area contributed by atoms with E-state index in [0.29, 0.717) is 5.84 Å². The highest BCUT2D eigenvalue weighted by atomic mass is 16.0. The molecule has 0 aliphatic carbocycles. The van der Waals surface area contributed by atoms with Crippen LogP contribution in [-0.4, -0.2) is 49.9 Å². The fourth-order valence-corrected chi connectivity index (χ4v) is 2.35. The van der Waals surface area contributed by atoms with Crippen molar-refractivity contribution in [3.05, 3.63) is 34.9 Å². The zero-order chi connectivity index (χ0) is 15.0. The first-order valence-electron chi connectivity index (χ1n) is 6.62. The van der Waals surface area contributed by atoms with Gasteiger partial charge in [-0.25, -0.2) is 9.36 Å². The van der Waals surface area contributed by atoms with Crippen molar-refractivity contribution in [1.82, 2.24) is 24.5 Å². The Bertz CT molecular complexity index is 594. The average Bonchev–Trinajstić information content (AvgIpc) is 2.83. The number of aromatic nitrogens is 4. The quantitative estimate of drug-likeness (QED) is 0.677. The fourth-order valence-electron chi connectivity index (χ4n) is 2.35. The first-order valence-corrected chi connectivity index (χ1v) is 6.62. The lowest BCUT2D eigenvalue weighted by Crippen LogP contribution is -2.37. The Morgan fingerprint density at radius 2 is 1.38 bits per heavy atom. The number of aryl methyl sites for hydroxylation is 4. The summed E-state index contributed by atoms with van der Waals surface area (Å²) >= 11 is 0. The standard InChI is InChI=1S/C14H22N6.H2O/c1-9-7-11(3)19(16-9)14(13(15)18(5)6)20-12(4)8-10(2)17-20;/h7-8,14-15H,1-6H3;1H2. The van der Waals surface area contributed by atoms with Crippen LogP contribution in [0.15, 0.2) is 12.1 Å². The minimum Gasteiger partial charge on any atom is -0.412 e. The Hall–Kier alpha value is -2.15. The molecule has 0 saturated carbocycles. The third-order valence-corrected chi connectivity index (χ3v) is 3.28. The molecule has 3 N–H and O–H groups in total. The molecule has 2 heterocycles. The van der Waals surface area contributed by atoms with Gasteiger partial charge in [-0.05, 0) is 39.8 Å². The van der Waals surface area contributed by atoms with Gasteiger partial charge in [0.25, 0.3) is 0 Å². The molecule has 116 valence electrons. The van der Waals surface area contributed by atoms with E-state index in [9.17, 15) is 0 Å². The number of nitrogens with one attached hydrogen (secondary N) is 1. The van der Waals surface area contributed by atoms with Crippen LogP contribution in [0.1, 0.15) is 28.9 Å². The highest BCUT2D eigenvalue weighted by molar-refractivity contribution is 5.82. The van der Waals surface area contributed by atoms with E-state index in [1.165, 1.54) is 0 Å². The molecule has 7 nitrogen and oxygen atoms in total. The van der Waals surface area contributed by atoms with Crippen LogP contribution in [0.5, 0.6) is 0 Å². The number of amidine groups is 1. The van der Waals surface area contributed by atoms with Crippen LogP contribution in [0, 0.1) is 33.1 Å². The van der Waals surface area contributed by atoms with E-state index in [1.807, 2.05) is 63.3 Å². The average molecular weight is 292 g/mol. The second-order valence-corrected chi connectivity index (χ2v) is 5.40. The third kappa shape index (κ3) is 3.13. The molecule has 0 fully saturated rings. The van der Waals surface area contributed by atoms with Gasteiger partial charge in [-0.15, -0.1) is 0 Å². The Morgan fingerprint density at radius 3 is 1.62 bits per heavy atom. The van der Waals surface area contributed by atoms with Crippen LogP contribution in [0.2, 0.25) is 0 Å². The van der Waals surface area contributed by atoms with E-state index in [0.717, 1.165) is 22.8 Å². The van der Waals surface area contributed by atoms with Crippen LogP contribution >= 0.6 is 0 Å². The topological polar surface area (TPSA) is 94.2 Å². The van der Waals surface area contributed by atoms with Crippen molar-refractivity contribution in [2.75, 3.05) is 14.1 Å². The number of nitrogens with zero attached hydrogens (tertiary/aromatic N) is 5.